The normalized spacial score (nSPS) is 30.6. The lowest BCUT2D eigenvalue weighted by atomic mass is 9.85. The van der Waals surface area contributed by atoms with E-state index in [2.05, 4.69) is 19.1 Å². The maximum absolute atomic E-state index is 11.8. The Bertz CT molecular complexity index is 264. The SMILES string of the molecule is CC1CC=CCC1COC(=O)C1CCCC1. The quantitative estimate of drug-likeness (QED) is 0.541. The molecule has 90 valence electrons. The summed E-state index contributed by atoms with van der Waals surface area (Å²) in [7, 11) is 0. The maximum atomic E-state index is 11.8. The van der Waals surface area contributed by atoms with Crippen molar-refractivity contribution in [2.24, 2.45) is 17.8 Å². The van der Waals surface area contributed by atoms with Crippen LogP contribution in [0.3, 0.4) is 0 Å². The second kappa shape index (κ2) is 5.51. The Balaban J connectivity index is 1.73. The maximum Gasteiger partial charge on any atom is 0.308 e. The van der Waals surface area contributed by atoms with Gasteiger partial charge in [0.05, 0.1) is 12.5 Å². The molecule has 0 aromatic rings. The minimum Gasteiger partial charge on any atom is -0.465 e. The van der Waals surface area contributed by atoms with Crippen molar-refractivity contribution in [1.82, 2.24) is 0 Å². The zero-order chi connectivity index (χ0) is 11.4. The molecule has 1 fully saturated rings. The summed E-state index contributed by atoms with van der Waals surface area (Å²) in [6.45, 7) is 2.87. The second-order valence-corrected chi connectivity index (χ2v) is 5.29. The van der Waals surface area contributed by atoms with E-state index in [4.69, 9.17) is 4.74 Å². The van der Waals surface area contributed by atoms with Crippen LogP contribution in [0.2, 0.25) is 0 Å². The van der Waals surface area contributed by atoms with Crippen molar-refractivity contribution < 1.29 is 9.53 Å². The van der Waals surface area contributed by atoms with Gasteiger partial charge in [-0.3, -0.25) is 4.79 Å². The van der Waals surface area contributed by atoms with Crippen molar-refractivity contribution in [1.29, 1.82) is 0 Å². The van der Waals surface area contributed by atoms with Crippen molar-refractivity contribution in [3.05, 3.63) is 12.2 Å². The van der Waals surface area contributed by atoms with E-state index >= 15 is 0 Å². The first kappa shape index (κ1) is 11.7. The van der Waals surface area contributed by atoms with Crippen LogP contribution in [0, 0.1) is 17.8 Å². The van der Waals surface area contributed by atoms with Crippen LogP contribution in [-0.4, -0.2) is 12.6 Å². The summed E-state index contributed by atoms with van der Waals surface area (Å²) in [6, 6.07) is 0. The average molecular weight is 222 g/mol. The molecular weight excluding hydrogens is 200 g/mol. The zero-order valence-electron chi connectivity index (χ0n) is 10.2. The van der Waals surface area contributed by atoms with Crippen LogP contribution >= 0.6 is 0 Å². The summed E-state index contributed by atoms with van der Waals surface area (Å²) in [5.74, 6) is 1.45. The van der Waals surface area contributed by atoms with E-state index in [1.54, 1.807) is 0 Å². The highest BCUT2D eigenvalue weighted by Gasteiger charge is 2.26. The summed E-state index contributed by atoms with van der Waals surface area (Å²) in [4.78, 5) is 11.8. The smallest absolute Gasteiger partial charge is 0.308 e. The van der Waals surface area contributed by atoms with Gasteiger partial charge in [0.25, 0.3) is 0 Å². The first-order chi connectivity index (χ1) is 7.77. The molecule has 0 aliphatic heterocycles. The number of hydrogen-bond acceptors (Lipinski definition) is 2. The Kier molecular flexibility index (Phi) is 4.03. The molecule has 2 nitrogen and oxygen atoms in total. The van der Waals surface area contributed by atoms with E-state index in [1.165, 1.54) is 12.8 Å². The van der Waals surface area contributed by atoms with Crippen molar-refractivity contribution in [3.63, 3.8) is 0 Å². The van der Waals surface area contributed by atoms with Gasteiger partial charge in [-0.1, -0.05) is 31.9 Å². The highest BCUT2D eigenvalue weighted by Crippen LogP contribution is 2.28. The molecular formula is C14H22O2. The predicted octanol–water partition coefficient (Wildman–Crippen LogP) is 3.32. The molecule has 2 atom stereocenters. The van der Waals surface area contributed by atoms with Crippen LogP contribution in [-0.2, 0) is 9.53 Å². The third-order valence-corrected chi connectivity index (χ3v) is 4.05. The number of esters is 1. The van der Waals surface area contributed by atoms with Gasteiger partial charge >= 0.3 is 5.97 Å². The van der Waals surface area contributed by atoms with Crippen molar-refractivity contribution >= 4 is 5.97 Å². The molecule has 0 saturated heterocycles. The molecule has 0 bridgehead atoms. The van der Waals surface area contributed by atoms with Gasteiger partial charge in [0.1, 0.15) is 0 Å². The minimum absolute atomic E-state index is 0.0549. The van der Waals surface area contributed by atoms with E-state index in [1.807, 2.05) is 0 Å². The van der Waals surface area contributed by atoms with Gasteiger partial charge in [0.2, 0.25) is 0 Å². The first-order valence-electron chi connectivity index (χ1n) is 6.59. The third kappa shape index (κ3) is 2.87. The van der Waals surface area contributed by atoms with Crippen molar-refractivity contribution in [2.75, 3.05) is 6.61 Å². The Labute approximate surface area is 98.1 Å². The minimum atomic E-state index is 0.0549. The van der Waals surface area contributed by atoms with E-state index in [0.29, 0.717) is 18.4 Å². The van der Waals surface area contributed by atoms with Gasteiger partial charge in [-0.15, -0.1) is 0 Å². The molecule has 2 aliphatic carbocycles. The number of carbonyl (C=O) groups is 1. The Morgan fingerprint density at radius 1 is 1.25 bits per heavy atom. The summed E-state index contributed by atoms with van der Waals surface area (Å²) >= 11 is 0. The van der Waals surface area contributed by atoms with Gasteiger partial charge in [0, 0.05) is 0 Å². The summed E-state index contributed by atoms with van der Waals surface area (Å²) in [6.07, 6.45) is 11.1. The molecule has 0 aromatic carbocycles. The molecule has 0 heterocycles. The molecule has 0 aromatic heterocycles. The monoisotopic (exact) mass is 222 g/mol. The van der Waals surface area contributed by atoms with E-state index in [9.17, 15) is 4.79 Å². The zero-order valence-corrected chi connectivity index (χ0v) is 10.2. The third-order valence-electron chi connectivity index (χ3n) is 4.05. The molecule has 0 amide bonds. The number of rotatable bonds is 3. The van der Waals surface area contributed by atoms with Crippen LogP contribution in [0.15, 0.2) is 12.2 Å². The summed E-state index contributed by atoms with van der Waals surface area (Å²) in [5.41, 5.74) is 0. The molecule has 2 rings (SSSR count). The molecule has 0 radical (unpaired) electrons. The Morgan fingerprint density at radius 3 is 2.62 bits per heavy atom. The number of allylic oxidation sites excluding steroid dienone is 2. The summed E-state index contributed by atoms with van der Waals surface area (Å²) in [5, 5.41) is 0. The van der Waals surface area contributed by atoms with Gasteiger partial charge in [-0.05, 0) is 37.5 Å². The molecule has 1 saturated carbocycles. The lowest BCUT2D eigenvalue weighted by Crippen LogP contribution is -2.24. The molecule has 2 unspecified atom stereocenters. The van der Waals surface area contributed by atoms with E-state index in [-0.39, 0.29) is 11.9 Å². The van der Waals surface area contributed by atoms with Crippen LogP contribution in [0.1, 0.15) is 45.4 Å². The molecule has 2 heteroatoms. The van der Waals surface area contributed by atoms with Gasteiger partial charge in [-0.2, -0.15) is 0 Å². The lowest BCUT2D eigenvalue weighted by Gasteiger charge is -2.25. The van der Waals surface area contributed by atoms with Crippen LogP contribution in [0.25, 0.3) is 0 Å². The van der Waals surface area contributed by atoms with Gasteiger partial charge < -0.3 is 4.74 Å². The largest absolute Gasteiger partial charge is 0.465 e. The number of hydrogen-bond donors (Lipinski definition) is 0. The molecule has 2 aliphatic rings. The fraction of sp³-hybridized carbons (Fsp3) is 0.786. The predicted molar refractivity (Wildman–Crippen MR) is 63.9 cm³/mol. The van der Waals surface area contributed by atoms with Gasteiger partial charge in [0.15, 0.2) is 0 Å². The number of ether oxygens (including phenoxy) is 1. The van der Waals surface area contributed by atoms with Crippen LogP contribution in [0.5, 0.6) is 0 Å². The van der Waals surface area contributed by atoms with E-state index in [0.717, 1.165) is 25.7 Å². The fourth-order valence-electron chi connectivity index (χ4n) is 2.71. The topological polar surface area (TPSA) is 26.3 Å². The summed E-state index contributed by atoms with van der Waals surface area (Å²) < 4.78 is 5.46. The fourth-order valence-corrected chi connectivity index (χ4v) is 2.71. The Hall–Kier alpha value is -0.790. The molecule has 0 N–H and O–H groups in total. The highest BCUT2D eigenvalue weighted by atomic mass is 16.5. The van der Waals surface area contributed by atoms with Crippen LogP contribution in [0.4, 0.5) is 0 Å². The first-order valence-corrected chi connectivity index (χ1v) is 6.59. The van der Waals surface area contributed by atoms with Crippen molar-refractivity contribution in [2.45, 2.75) is 45.4 Å². The standard InChI is InChI=1S/C14H22O2/c1-11-6-2-3-9-13(11)10-16-14(15)12-7-4-5-8-12/h2-3,11-13H,4-10H2,1H3. The van der Waals surface area contributed by atoms with Crippen LogP contribution < -0.4 is 0 Å². The molecule has 16 heavy (non-hydrogen) atoms. The van der Waals surface area contributed by atoms with E-state index < -0.39 is 0 Å². The molecule has 0 spiro atoms. The highest BCUT2D eigenvalue weighted by molar-refractivity contribution is 5.72. The number of carbonyl (C=O) groups excluding carboxylic acids is 1. The second-order valence-electron chi connectivity index (χ2n) is 5.29. The Morgan fingerprint density at radius 2 is 1.94 bits per heavy atom. The average Bonchev–Trinajstić information content (AvgIpc) is 2.81. The van der Waals surface area contributed by atoms with Crippen molar-refractivity contribution in [3.8, 4) is 0 Å². The van der Waals surface area contributed by atoms with Gasteiger partial charge in [-0.25, -0.2) is 0 Å². The lowest BCUT2D eigenvalue weighted by molar-refractivity contribution is -0.150.